The zero-order valence-corrected chi connectivity index (χ0v) is 12.2. The van der Waals surface area contributed by atoms with Crippen molar-refractivity contribution in [2.75, 3.05) is 17.2 Å². The zero-order valence-electron chi connectivity index (χ0n) is 12.2. The number of fused-ring (bicyclic) bond motifs is 1. The maximum atomic E-state index is 6.06. The van der Waals surface area contributed by atoms with Crippen LogP contribution in [-0.4, -0.2) is 16.1 Å². The van der Waals surface area contributed by atoms with Gasteiger partial charge in [0.1, 0.15) is 0 Å². The molecule has 4 nitrogen and oxygen atoms in total. The Labute approximate surface area is 120 Å². The van der Waals surface area contributed by atoms with Gasteiger partial charge in [0.05, 0.1) is 0 Å². The molecule has 1 aromatic heterocycles. The molecule has 2 heterocycles. The second kappa shape index (κ2) is 5.19. The van der Waals surface area contributed by atoms with Gasteiger partial charge in [-0.25, -0.2) is 4.98 Å². The number of nitrogen functional groups attached to an aromatic ring is 1. The van der Waals surface area contributed by atoms with Crippen LogP contribution in [0.1, 0.15) is 25.0 Å². The van der Waals surface area contributed by atoms with Crippen LogP contribution in [0.25, 0.3) is 0 Å². The fourth-order valence-electron chi connectivity index (χ4n) is 2.93. The van der Waals surface area contributed by atoms with E-state index in [1.165, 1.54) is 11.1 Å². The molecule has 0 atom stereocenters. The lowest BCUT2D eigenvalue weighted by molar-refractivity contribution is 0.515. The van der Waals surface area contributed by atoms with Gasteiger partial charge >= 0.3 is 0 Å². The van der Waals surface area contributed by atoms with E-state index >= 15 is 0 Å². The van der Waals surface area contributed by atoms with Gasteiger partial charge in [-0.15, -0.1) is 0 Å². The van der Waals surface area contributed by atoms with Gasteiger partial charge in [-0.2, -0.15) is 0 Å². The Morgan fingerprint density at radius 1 is 1.35 bits per heavy atom. The highest BCUT2D eigenvalue weighted by Gasteiger charge is 2.21. The number of imidazole rings is 1. The number of anilines is 2. The summed E-state index contributed by atoms with van der Waals surface area (Å²) in [6, 6.07) is 6.21. The molecular weight excluding hydrogens is 248 g/mol. The standard InChI is InChI=1S/C16H22N4/c1-12(2)10-20-9-7-18-16(20)19-8-6-14-13(11-19)4-3-5-15(14)17/h3-5,7,9,12H,6,8,10-11,17H2,1-2H3. The van der Waals surface area contributed by atoms with Crippen LogP contribution in [0.4, 0.5) is 11.6 Å². The van der Waals surface area contributed by atoms with Crippen LogP contribution in [0.2, 0.25) is 0 Å². The molecule has 20 heavy (non-hydrogen) atoms. The molecule has 0 bridgehead atoms. The second-order valence-electron chi connectivity index (χ2n) is 5.93. The van der Waals surface area contributed by atoms with Crippen molar-refractivity contribution in [2.24, 2.45) is 5.92 Å². The molecule has 0 aliphatic carbocycles. The molecule has 4 heteroatoms. The average Bonchev–Trinajstić information content (AvgIpc) is 2.86. The van der Waals surface area contributed by atoms with E-state index in [1.807, 2.05) is 18.3 Å². The molecule has 0 saturated heterocycles. The average molecular weight is 270 g/mol. The Morgan fingerprint density at radius 2 is 2.20 bits per heavy atom. The van der Waals surface area contributed by atoms with Crippen molar-refractivity contribution < 1.29 is 0 Å². The fraction of sp³-hybridized carbons (Fsp3) is 0.438. The van der Waals surface area contributed by atoms with Crippen molar-refractivity contribution in [3.8, 4) is 0 Å². The Balaban J connectivity index is 1.85. The number of hydrogen-bond donors (Lipinski definition) is 1. The SMILES string of the molecule is CC(C)Cn1ccnc1N1CCc2c(N)cccc2C1. The first-order valence-corrected chi connectivity index (χ1v) is 7.27. The lowest BCUT2D eigenvalue weighted by Gasteiger charge is -2.31. The predicted molar refractivity (Wildman–Crippen MR) is 82.7 cm³/mol. The summed E-state index contributed by atoms with van der Waals surface area (Å²) in [4.78, 5) is 6.90. The van der Waals surface area contributed by atoms with E-state index in [1.54, 1.807) is 0 Å². The summed E-state index contributed by atoms with van der Waals surface area (Å²) in [6.07, 6.45) is 4.97. The van der Waals surface area contributed by atoms with Gasteiger partial charge in [-0.3, -0.25) is 0 Å². The molecule has 0 unspecified atom stereocenters. The fourth-order valence-corrected chi connectivity index (χ4v) is 2.93. The smallest absolute Gasteiger partial charge is 0.205 e. The van der Waals surface area contributed by atoms with Gasteiger partial charge in [-0.05, 0) is 29.5 Å². The minimum absolute atomic E-state index is 0.621. The van der Waals surface area contributed by atoms with Crippen molar-refractivity contribution in [1.82, 2.24) is 9.55 Å². The number of nitrogens with zero attached hydrogens (tertiary/aromatic N) is 3. The van der Waals surface area contributed by atoms with Gasteiger partial charge in [0.15, 0.2) is 0 Å². The molecule has 3 rings (SSSR count). The van der Waals surface area contributed by atoms with E-state index < -0.39 is 0 Å². The van der Waals surface area contributed by atoms with Crippen LogP contribution in [0.3, 0.4) is 0 Å². The van der Waals surface area contributed by atoms with E-state index in [0.717, 1.165) is 37.7 Å². The summed E-state index contributed by atoms with van der Waals surface area (Å²) in [6.45, 7) is 7.35. The quantitative estimate of drug-likeness (QED) is 0.872. The van der Waals surface area contributed by atoms with E-state index in [2.05, 4.69) is 40.6 Å². The van der Waals surface area contributed by atoms with E-state index in [9.17, 15) is 0 Å². The van der Waals surface area contributed by atoms with E-state index in [-0.39, 0.29) is 0 Å². The number of nitrogens with two attached hydrogens (primary N) is 1. The third kappa shape index (κ3) is 2.38. The normalized spacial score (nSPS) is 14.7. The van der Waals surface area contributed by atoms with Crippen molar-refractivity contribution in [3.63, 3.8) is 0 Å². The Hall–Kier alpha value is -1.97. The minimum Gasteiger partial charge on any atom is -0.398 e. The monoisotopic (exact) mass is 270 g/mol. The van der Waals surface area contributed by atoms with Gasteiger partial charge in [0, 0.05) is 37.7 Å². The first kappa shape index (κ1) is 13.0. The molecule has 106 valence electrons. The molecular formula is C16H22N4. The molecule has 2 aromatic rings. The van der Waals surface area contributed by atoms with Crippen LogP contribution >= 0.6 is 0 Å². The summed E-state index contributed by atoms with van der Waals surface area (Å²) in [5.41, 5.74) is 9.63. The predicted octanol–water partition coefficient (Wildman–Crippen LogP) is 2.68. The zero-order chi connectivity index (χ0) is 14.1. The number of benzene rings is 1. The molecule has 0 saturated carbocycles. The Bertz CT molecular complexity index is 600. The summed E-state index contributed by atoms with van der Waals surface area (Å²) in [5, 5.41) is 0. The van der Waals surface area contributed by atoms with E-state index in [4.69, 9.17) is 5.73 Å². The first-order chi connectivity index (χ1) is 9.65. The van der Waals surface area contributed by atoms with Crippen molar-refractivity contribution in [2.45, 2.75) is 33.4 Å². The molecule has 0 spiro atoms. The molecule has 0 radical (unpaired) electrons. The summed E-state index contributed by atoms with van der Waals surface area (Å²) < 4.78 is 2.25. The van der Waals surface area contributed by atoms with Crippen LogP contribution < -0.4 is 10.6 Å². The molecule has 1 aromatic carbocycles. The van der Waals surface area contributed by atoms with Crippen LogP contribution in [0, 0.1) is 5.92 Å². The minimum atomic E-state index is 0.621. The van der Waals surface area contributed by atoms with Gasteiger partial charge in [0.2, 0.25) is 5.95 Å². The lowest BCUT2D eigenvalue weighted by Crippen LogP contribution is -2.33. The topological polar surface area (TPSA) is 47.1 Å². The van der Waals surface area contributed by atoms with Crippen LogP contribution in [0.5, 0.6) is 0 Å². The second-order valence-corrected chi connectivity index (χ2v) is 5.93. The Kier molecular flexibility index (Phi) is 3.38. The van der Waals surface area contributed by atoms with E-state index in [0.29, 0.717) is 5.92 Å². The van der Waals surface area contributed by atoms with Gasteiger partial charge in [0.25, 0.3) is 0 Å². The van der Waals surface area contributed by atoms with Gasteiger partial charge in [-0.1, -0.05) is 26.0 Å². The maximum Gasteiger partial charge on any atom is 0.205 e. The number of hydrogen-bond acceptors (Lipinski definition) is 3. The Morgan fingerprint density at radius 3 is 3.00 bits per heavy atom. The number of rotatable bonds is 3. The molecule has 2 N–H and O–H groups in total. The van der Waals surface area contributed by atoms with Crippen molar-refractivity contribution in [1.29, 1.82) is 0 Å². The third-order valence-electron chi connectivity index (χ3n) is 3.84. The molecule has 0 amide bonds. The molecule has 1 aliphatic rings. The van der Waals surface area contributed by atoms with Crippen LogP contribution in [-0.2, 0) is 19.5 Å². The molecule has 0 fully saturated rings. The summed E-state index contributed by atoms with van der Waals surface area (Å²) >= 11 is 0. The summed E-state index contributed by atoms with van der Waals surface area (Å²) in [7, 11) is 0. The maximum absolute atomic E-state index is 6.06. The van der Waals surface area contributed by atoms with Crippen molar-refractivity contribution >= 4 is 11.6 Å². The van der Waals surface area contributed by atoms with Crippen molar-refractivity contribution in [3.05, 3.63) is 41.7 Å². The molecule has 1 aliphatic heterocycles. The van der Waals surface area contributed by atoms with Crippen LogP contribution in [0.15, 0.2) is 30.6 Å². The summed E-state index contributed by atoms with van der Waals surface area (Å²) in [5.74, 6) is 1.70. The highest BCUT2D eigenvalue weighted by Crippen LogP contribution is 2.27. The largest absolute Gasteiger partial charge is 0.398 e. The third-order valence-corrected chi connectivity index (χ3v) is 3.84. The highest BCUT2D eigenvalue weighted by atomic mass is 15.3. The lowest BCUT2D eigenvalue weighted by atomic mass is 9.98. The highest BCUT2D eigenvalue weighted by molar-refractivity contribution is 5.54. The van der Waals surface area contributed by atoms with Gasteiger partial charge < -0.3 is 15.2 Å². The first-order valence-electron chi connectivity index (χ1n) is 7.27. The number of aromatic nitrogens is 2.